The van der Waals surface area contributed by atoms with Gasteiger partial charge in [-0.2, -0.15) is 13.2 Å². The van der Waals surface area contributed by atoms with E-state index in [1.54, 1.807) is 30.5 Å². The highest BCUT2D eigenvalue weighted by Gasteiger charge is 2.48. The first kappa shape index (κ1) is 24.9. The maximum Gasteiger partial charge on any atom is 0.401 e. The van der Waals surface area contributed by atoms with Crippen LogP contribution in [-0.2, 0) is 0 Å². The molecule has 1 amide bonds. The van der Waals surface area contributed by atoms with E-state index in [1.807, 2.05) is 0 Å². The molecule has 2 fully saturated rings. The molecule has 8 nitrogen and oxygen atoms in total. The summed E-state index contributed by atoms with van der Waals surface area (Å²) < 4.78 is 50.2. The van der Waals surface area contributed by atoms with Crippen molar-refractivity contribution in [2.75, 3.05) is 32.1 Å². The number of carbonyl (C=O) groups is 1. The number of benzene rings is 1. The average Bonchev–Trinajstić information content (AvgIpc) is 3.54. The topological polar surface area (TPSA) is 91.5 Å². The molecule has 2 aromatic heterocycles. The number of pyridine rings is 1. The summed E-state index contributed by atoms with van der Waals surface area (Å²) in [4.78, 5) is 22.1. The fourth-order valence-corrected chi connectivity index (χ4v) is 5.48. The minimum atomic E-state index is -4.26. The number of para-hydroxylation sites is 1. The standard InChI is InChI=1S/C26H25ClF3N5O3/c1-37-24-16(27)3-2-4-17(24)32-23-20-21(15-9-18(15)33-25(20)36)34-22(23)14-5-7-31-10-19(14)38-11-13-6-8-35(13)12-26(28,29)30/h2-5,7,10,13,15,18,32,34H,6,8-9,11-12H2,1H3,(H,33,36)/t13-,15-,18+/m0/s1. The first-order chi connectivity index (χ1) is 18.2. The second-order valence-corrected chi connectivity index (χ2v) is 10.1. The van der Waals surface area contributed by atoms with Crippen LogP contribution in [0.1, 0.15) is 34.8 Å². The molecule has 1 saturated carbocycles. The van der Waals surface area contributed by atoms with Crippen molar-refractivity contribution in [1.29, 1.82) is 0 Å². The van der Waals surface area contributed by atoms with E-state index in [0.717, 1.165) is 12.1 Å². The second kappa shape index (κ2) is 9.39. The molecular weight excluding hydrogens is 523 g/mol. The van der Waals surface area contributed by atoms with Gasteiger partial charge in [0.1, 0.15) is 12.4 Å². The summed E-state index contributed by atoms with van der Waals surface area (Å²) in [6, 6.07) is 6.79. The molecule has 3 N–H and O–H groups in total. The van der Waals surface area contributed by atoms with Gasteiger partial charge in [-0.05, 0) is 31.0 Å². The molecule has 1 aliphatic carbocycles. The van der Waals surface area contributed by atoms with Gasteiger partial charge in [0.25, 0.3) is 5.91 Å². The number of rotatable bonds is 8. The number of hydrogen-bond donors (Lipinski definition) is 3. The van der Waals surface area contributed by atoms with Crippen molar-refractivity contribution in [3.63, 3.8) is 0 Å². The molecule has 0 radical (unpaired) electrons. The molecule has 0 bridgehead atoms. The molecular formula is C26H25ClF3N5O3. The number of anilines is 2. The van der Waals surface area contributed by atoms with E-state index in [-0.39, 0.29) is 30.5 Å². The molecule has 3 aromatic rings. The van der Waals surface area contributed by atoms with E-state index in [4.69, 9.17) is 21.1 Å². The first-order valence-corrected chi connectivity index (χ1v) is 12.7. The van der Waals surface area contributed by atoms with Crippen LogP contribution in [0, 0.1) is 0 Å². The Morgan fingerprint density at radius 3 is 2.87 bits per heavy atom. The lowest BCUT2D eigenvalue weighted by Gasteiger charge is -2.40. The van der Waals surface area contributed by atoms with Crippen LogP contribution >= 0.6 is 11.6 Å². The number of alkyl halides is 3. The third-order valence-corrected chi connectivity index (χ3v) is 7.60. The third-order valence-electron chi connectivity index (χ3n) is 7.30. The highest BCUT2D eigenvalue weighted by Crippen LogP contribution is 2.51. The molecule has 200 valence electrons. The van der Waals surface area contributed by atoms with Gasteiger partial charge < -0.3 is 25.1 Å². The quantitative estimate of drug-likeness (QED) is 0.364. The Morgan fingerprint density at radius 2 is 2.13 bits per heavy atom. The van der Waals surface area contributed by atoms with Gasteiger partial charge in [0.05, 0.1) is 47.5 Å². The van der Waals surface area contributed by atoms with Crippen molar-refractivity contribution in [3.05, 3.63) is 52.9 Å². The van der Waals surface area contributed by atoms with Gasteiger partial charge in [-0.3, -0.25) is 14.7 Å². The van der Waals surface area contributed by atoms with Gasteiger partial charge in [0, 0.05) is 42.0 Å². The number of likely N-dealkylation sites (tertiary alicyclic amines) is 1. The Kier molecular flexibility index (Phi) is 6.14. The number of carbonyl (C=O) groups excluding carboxylic acids is 1. The Morgan fingerprint density at radius 1 is 1.29 bits per heavy atom. The summed E-state index contributed by atoms with van der Waals surface area (Å²) in [5.41, 5.74) is 3.67. The van der Waals surface area contributed by atoms with Crippen molar-refractivity contribution in [1.82, 2.24) is 20.2 Å². The number of fused-ring (bicyclic) bond motifs is 3. The number of nitrogens with zero attached hydrogens (tertiary/aromatic N) is 2. The van der Waals surface area contributed by atoms with Crippen LogP contribution in [-0.4, -0.2) is 65.8 Å². The van der Waals surface area contributed by atoms with E-state index < -0.39 is 12.7 Å². The highest BCUT2D eigenvalue weighted by molar-refractivity contribution is 6.32. The monoisotopic (exact) mass is 547 g/mol. The van der Waals surface area contributed by atoms with E-state index in [0.29, 0.717) is 57.7 Å². The molecule has 2 aliphatic heterocycles. The number of halogens is 4. The van der Waals surface area contributed by atoms with Gasteiger partial charge in [-0.1, -0.05) is 17.7 Å². The first-order valence-electron chi connectivity index (χ1n) is 12.3. The SMILES string of the molecule is COc1c(Cl)cccc1Nc1c(-c2ccncc2OC[C@@H]2CCN2CC(F)(F)F)[nH]c2c1C(=O)N[C@@H]1C[C@H]21. The van der Waals surface area contributed by atoms with Crippen molar-refractivity contribution in [2.45, 2.75) is 37.0 Å². The lowest BCUT2D eigenvalue weighted by atomic mass is 10.0. The molecule has 3 aliphatic rings. The Labute approximate surface area is 221 Å². The fraction of sp³-hybridized carbons (Fsp3) is 0.385. The van der Waals surface area contributed by atoms with Crippen molar-refractivity contribution >= 4 is 28.9 Å². The molecule has 0 spiro atoms. The second-order valence-electron chi connectivity index (χ2n) is 9.74. The number of nitrogens with one attached hydrogen (secondary N) is 3. The molecule has 3 atom stereocenters. The van der Waals surface area contributed by atoms with Gasteiger partial charge in [-0.15, -0.1) is 0 Å². The summed E-state index contributed by atoms with van der Waals surface area (Å²) in [6.45, 7) is -0.493. The van der Waals surface area contributed by atoms with Crippen molar-refractivity contribution in [3.8, 4) is 22.8 Å². The molecule has 12 heteroatoms. The zero-order chi connectivity index (χ0) is 26.6. The zero-order valence-electron chi connectivity index (χ0n) is 20.4. The van der Waals surface area contributed by atoms with Gasteiger partial charge in [-0.25, -0.2) is 0 Å². The Balaban J connectivity index is 1.36. The number of methoxy groups -OCH3 is 1. The zero-order valence-corrected chi connectivity index (χ0v) is 21.1. The highest BCUT2D eigenvalue weighted by atomic mass is 35.5. The lowest BCUT2D eigenvalue weighted by molar-refractivity contribution is -0.163. The van der Waals surface area contributed by atoms with Crippen LogP contribution in [0.15, 0.2) is 36.7 Å². The summed E-state index contributed by atoms with van der Waals surface area (Å²) in [5.74, 6) is 0.809. The predicted octanol–water partition coefficient (Wildman–Crippen LogP) is 5.10. The van der Waals surface area contributed by atoms with Gasteiger partial charge in [0.15, 0.2) is 5.75 Å². The summed E-state index contributed by atoms with van der Waals surface area (Å²) in [5, 5.41) is 6.79. The van der Waals surface area contributed by atoms with Crippen LogP contribution in [0.25, 0.3) is 11.3 Å². The van der Waals surface area contributed by atoms with E-state index in [2.05, 4.69) is 20.6 Å². The van der Waals surface area contributed by atoms with E-state index in [9.17, 15) is 18.0 Å². The van der Waals surface area contributed by atoms with E-state index in [1.165, 1.54) is 18.2 Å². The molecule has 38 heavy (non-hydrogen) atoms. The average molecular weight is 548 g/mol. The molecule has 6 rings (SSSR count). The van der Waals surface area contributed by atoms with Crippen LogP contribution in [0.2, 0.25) is 5.02 Å². The minimum absolute atomic E-state index is 0.0886. The summed E-state index contributed by atoms with van der Waals surface area (Å²) >= 11 is 6.34. The van der Waals surface area contributed by atoms with Gasteiger partial charge >= 0.3 is 6.18 Å². The van der Waals surface area contributed by atoms with Crippen LogP contribution in [0.5, 0.6) is 11.5 Å². The maximum absolute atomic E-state index is 13.1. The fourth-order valence-electron chi connectivity index (χ4n) is 5.23. The normalized spacial score (nSPS) is 22.1. The Hall–Kier alpha value is -3.44. The number of aromatic amines is 1. The molecule has 0 unspecified atom stereocenters. The Bertz CT molecular complexity index is 1390. The largest absolute Gasteiger partial charge is 0.493 e. The molecule has 4 heterocycles. The predicted molar refractivity (Wildman–Crippen MR) is 135 cm³/mol. The number of aromatic nitrogens is 2. The lowest BCUT2D eigenvalue weighted by Crippen LogP contribution is -2.54. The molecule has 1 saturated heterocycles. The van der Waals surface area contributed by atoms with Crippen molar-refractivity contribution < 1.29 is 27.4 Å². The molecule has 1 aromatic carbocycles. The minimum Gasteiger partial charge on any atom is -0.493 e. The van der Waals surface area contributed by atoms with Gasteiger partial charge in [0.2, 0.25) is 0 Å². The number of ether oxygens (including phenoxy) is 2. The summed E-state index contributed by atoms with van der Waals surface area (Å²) in [7, 11) is 1.51. The van der Waals surface area contributed by atoms with Crippen LogP contribution < -0.4 is 20.1 Å². The summed E-state index contributed by atoms with van der Waals surface area (Å²) in [6.07, 6.45) is 0.337. The van der Waals surface area contributed by atoms with Crippen molar-refractivity contribution in [2.24, 2.45) is 0 Å². The van der Waals surface area contributed by atoms with Crippen LogP contribution in [0.3, 0.4) is 0 Å². The maximum atomic E-state index is 13.1. The smallest absolute Gasteiger partial charge is 0.401 e. The van der Waals surface area contributed by atoms with E-state index >= 15 is 0 Å². The van der Waals surface area contributed by atoms with Crippen LogP contribution in [0.4, 0.5) is 24.5 Å². The number of hydrogen-bond acceptors (Lipinski definition) is 6. The third kappa shape index (κ3) is 4.54. The number of H-pyrrole nitrogens is 1. The number of amides is 1.